The third kappa shape index (κ3) is 2.40. The molecule has 0 saturated carbocycles. The first-order valence-electron chi connectivity index (χ1n) is 5.69. The Morgan fingerprint density at radius 1 is 1.32 bits per heavy atom. The minimum absolute atomic E-state index is 0.00537. The highest BCUT2D eigenvalue weighted by Crippen LogP contribution is 2.28. The van der Waals surface area contributed by atoms with Gasteiger partial charge in [0, 0.05) is 18.9 Å². The average Bonchev–Trinajstić information content (AvgIpc) is 2.38. The zero-order chi connectivity index (χ0) is 14.0. The number of aryl methyl sites for hydroxylation is 1. The molecular weight excluding hydrogens is 247 g/mol. The molecule has 5 heteroatoms. The van der Waals surface area contributed by atoms with Crippen molar-refractivity contribution in [2.24, 2.45) is 0 Å². The lowest BCUT2D eigenvalue weighted by atomic mass is 10.1. The van der Waals surface area contributed by atoms with Crippen LogP contribution in [0.15, 0.2) is 36.5 Å². The largest absolute Gasteiger partial charge is 0.478 e. The number of anilines is 2. The fourth-order valence-corrected chi connectivity index (χ4v) is 1.89. The number of pyridine rings is 1. The number of aromatic nitrogens is 1. The van der Waals surface area contributed by atoms with Crippen LogP contribution in [0.1, 0.15) is 15.9 Å². The van der Waals surface area contributed by atoms with Crippen molar-refractivity contribution >= 4 is 17.5 Å². The fraction of sp³-hybridized carbons (Fsp3) is 0.143. The van der Waals surface area contributed by atoms with Crippen LogP contribution in [0.4, 0.5) is 15.9 Å². The lowest BCUT2D eigenvalue weighted by Crippen LogP contribution is -2.16. The lowest BCUT2D eigenvalue weighted by molar-refractivity contribution is 0.0692. The van der Waals surface area contributed by atoms with Crippen molar-refractivity contribution in [3.8, 4) is 0 Å². The third-order valence-electron chi connectivity index (χ3n) is 2.90. The zero-order valence-corrected chi connectivity index (χ0v) is 10.6. The van der Waals surface area contributed by atoms with E-state index in [-0.39, 0.29) is 11.4 Å². The van der Waals surface area contributed by atoms with E-state index in [1.165, 1.54) is 11.1 Å². The SMILES string of the molecule is Cc1ccccc1N(C)c1nccc(C(=O)O)c1F. The van der Waals surface area contributed by atoms with Gasteiger partial charge >= 0.3 is 5.97 Å². The Morgan fingerprint density at radius 2 is 2.00 bits per heavy atom. The average molecular weight is 260 g/mol. The van der Waals surface area contributed by atoms with E-state index in [4.69, 9.17) is 5.11 Å². The van der Waals surface area contributed by atoms with Crippen LogP contribution < -0.4 is 4.90 Å². The molecule has 0 spiro atoms. The topological polar surface area (TPSA) is 53.4 Å². The van der Waals surface area contributed by atoms with Crippen LogP contribution in [0, 0.1) is 12.7 Å². The molecule has 0 aliphatic heterocycles. The number of rotatable bonds is 3. The summed E-state index contributed by atoms with van der Waals surface area (Å²) < 4.78 is 14.1. The third-order valence-corrected chi connectivity index (χ3v) is 2.90. The van der Waals surface area contributed by atoms with Crippen molar-refractivity contribution < 1.29 is 14.3 Å². The standard InChI is InChI=1S/C14H13FN2O2/c1-9-5-3-4-6-11(9)17(2)13-12(15)10(14(18)19)7-8-16-13/h3-8H,1-2H3,(H,18,19). The molecule has 1 N–H and O–H groups in total. The fourth-order valence-electron chi connectivity index (χ4n) is 1.89. The monoisotopic (exact) mass is 260 g/mol. The first kappa shape index (κ1) is 13.0. The van der Waals surface area contributed by atoms with E-state index < -0.39 is 11.8 Å². The predicted molar refractivity (Wildman–Crippen MR) is 70.4 cm³/mol. The number of carbonyl (C=O) groups is 1. The van der Waals surface area contributed by atoms with Crippen molar-refractivity contribution in [2.45, 2.75) is 6.92 Å². The number of halogens is 1. The van der Waals surface area contributed by atoms with Crippen molar-refractivity contribution in [3.05, 3.63) is 53.5 Å². The Balaban J connectivity index is 2.51. The van der Waals surface area contributed by atoms with Crippen LogP contribution in [0.5, 0.6) is 0 Å². The second-order valence-electron chi connectivity index (χ2n) is 4.15. The van der Waals surface area contributed by atoms with Crippen LogP contribution >= 0.6 is 0 Å². The van der Waals surface area contributed by atoms with E-state index in [1.807, 2.05) is 31.2 Å². The highest BCUT2D eigenvalue weighted by atomic mass is 19.1. The number of hydrogen-bond donors (Lipinski definition) is 1. The molecule has 0 radical (unpaired) electrons. The van der Waals surface area contributed by atoms with Crippen LogP contribution in [0.25, 0.3) is 0 Å². The van der Waals surface area contributed by atoms with Crippen LogP contribution in [0.2, 0.25) is 0 Å². The lowest BCUT2D eigenvalue weighted by Gasteiger charge is -2.21. The molecule has 2 rings (SSSR count). The number of benzene rings is 1. The molecule has 1 aromatic heterocycles. The second-order valence-corrected chi connectivity index (χ2v) is 4.15. The molecule has 0 aliphatic rings. The maximum absolute atomic E-state index is 14.1. The first-order chi connectivity index (χ1) is 9.02. The Hall–Kier alpha value is -2.43. The summed E-state index contributed by atoms with van der Waals surface area (Å²) >= 11 is 0. The van der Waals surface area contributed by atoms with Gasteiger partial charge in [0.1, 0.15) is 5.56 Å². The van der Waals surface area contributed by atoms with E-state index in [1.54, 1.807) is 7.05 Å². The Morgan fingerprint density at radius 3 is 2.63 bits per heavy atom. The summed E-state index contributed by atoms with van der Waals surface area (Å²) in [6.45, 7) is 1.89. The van der Waals surface area contributed by atoms with Gasteiger partial charge in [0.05, 0.1) is 0 Å². The number of para-hydroxylation sites is 1. The quantitative estimate of drug-likeness (QED) is 0.921. The predicted octanol–water partition coefficient (Wildman–Crippen LogP) is 3.00. The van der Waals surface area contributed by atoms with Gasteiger partial charge in [-0.15, -0.1) is 0 Å². The number of carboxylic acid groups (broad SMARTS) is 1. The summed E-state index contributed by atoms with van der Waals surface area (Å²) in [4.78, 5) is 16.4. The van der Waals surface area contributed by atoms with E-state index >= 15 is 0 Å². The number of carboxylic acids is 1. The van der Waals surface area contributed by atoms with Crippen molar-refractivity contribution in [3.63, 3.8) is 0 Å². The molecule has 1 heterocycles. The second kappa shape index (κ2) is 5.06. The van der Waals surface area contributed by atoms with Gasteiger partial charge in [-0.1, -0.05) is 18.2 Å². The minimum atomic E-state index is -1.31. The molecule has 0 amide bonds. The smallest absolute Gasteiger partial charge is 0.338 e. The van der Waals surface area contributed by atoms with E-state index in [0.717, 1.165) is 17.3 Å². The van der Waals surface area contributed by atoms with E-state index in [2.05, 4.69) is 4.98 Å². The molecule has 0 bridgehead atoms. The van der Waals surface area contributed by atoms with Gasteiger partial charge in [0.25, 0.3) is 0 Å². The molecule has 0 unspecified atom stereocenters. The molecule has 98 valence electrons. The highest BCUT2D eigenvalue weighted by Gasteiger charge is 2.19. The van der Waals surface area contributed by atoms with Gasteiger partial charge in [-0.2, -0.15) is 0 Å². The first-order valence-corrected chi connectivity index (χ1v) is 5.69. The zero-order valence-electron chi connectivity index (χ0n) is 10.6. The van der Waals surface area contributed by atoms with Crippen LogP contribution in [-0.4, -0.2) is 23.1 Å². The minimum Gasteiger partial charge on any atom is -0.478 e. The molecule has 0 aliphatic carbocycles. The number of nitrogens with zero attached hydrogens (tertiary/aromatic N) is 2. The van der Waals surface area contributed by atoms with Crippen LogP contribution in [0.3, 0.4) is 0 Å². The molecule has 4 nitrogen and oxygen atoms in total. The van der Waals surface area contributed by atoms with Gasteiger partial charge in [0.2, 0.25) is 0 Å². The molecule has 0 saturated heterocycles. The highest BCUT2D eigenvalue weighted by molar-refractivity contribution is 5.89. The van der Waals surface area contributed by atoms with E-state index in [9.17, 15) is 9.18 Å². The van der Waals surface area contributed by atoms with Gasteiger partial charge in [-0.25, -0.2) is 14.2 Å². The van der Waals surface area contributed by atoms with Gasteiger partial charge in [-0.05, 0) is 24.6 Å². The van der Waals surface area contributed by atoms with Crippen molar-refractivity contribution in [1.29, 1.82) is 0 Å². The normalized spacial score (nSPS) is 10.3. The summed E-state index contributed by atoms with van der Waals surface area (Å²) in [5, 5.41) is 8.91. The summed E-state index contributed by atoms with van der Waals surface area (Å²) in [7, 11) is 1.65. The summed E-state index contributed by atoms with van der Waals surface area (Å²) in [6.07, 6.45) is 1.29. The maximum atomic E-state index is 14.1. The summed E-state index contributed by atoms with van der Waals surface area (Å²) in [5.41, 5.74) is 1.34. The van der Waals surface area contributed by atoms with Gasteiger partial charge in [0.15, 0.2) is 11.6 Å². The number of aromatic carboxylic acids is 1. The molecule has 19 heavy (non-hydrogen) atoms. The van der Waals surface area contributed by atoms with Crippen molar-refractivity contribution in [1.82, 2.24) is 4.98 Å². The van der Waals surface area contributed by atoms with Gasteiger partial charge < -0.3 is 10.0 Å². The Kier molecular flexibility index (Phi) is 3.46. The molecule has 1 aromatic carbocycles. The number of hydrogen-bond acceptors (Lipinski definition) is 3. The Labute approximate surface area is 110 Å². The summed E-state index contributed by atoms with van der Waals surface area (Å²) in [6, 6.07) is 8.57. The maximum Gasteiger partial charge on any atom is 0.338 e. The van der Waals surface area contributed by atoms with Crippen LogP contribution in [-0.2, 0) is 0 Å². The Bertz CT molecular complexity index is 629. The molecule has 2 aromatic rings. The molecule has 0 fully saturated rings. The molecular formula is C14H13FN2O2. The molecule has 0 atom stereocenters. The van der Waals surface area contributed by atoms with Gasteiger partial charge in [-0.3, -0.25) is 0 Å². The summed E-state index contributed by atoms with van der Waals surface area (Å²) in [5.74, 6) is -2.14. The van der Waals surface area contributed by atoms with Crippen molar-refractivity contribution in [2.75, 3.05) is 11.9 Å². The van der Waals surface area contributed by atoms with E-state index in [0.29, 0.717) is 0 Å².